The minimum Gasteiger partial charge on any atom is -0.447 e. The molecular weight excluding hydrogens is 426 g/mol. The van der Waals surface area contributed by atoms with Crippen LogP contribution in [-0.4, -0.2) is 56.2 Å². The third kappa shape index (κ3) is 4.65. The van der Waals surface area contributed by atoms with Crippen LogP contribution in [0.5, 0.6) is 0 Å². The first kappa shape index (κ1) is 22.3. The minimum absolute atomic E-state index is 0.0593. The lowest BCUT2D eigenvalue weighted by molar-refractivity contribution is -0.143. The summed E-state index contributed by atoms with van der Waals surface area (Å²) in [6.45, 7) is 3.14. The first-order chi connectivity index (χ1) is 15.8. The van der Waals surface area contributed by atoms with Crippen molar-refractivity contribution in [3.05, 3.63) is 54.1 Å². The Labute approximate surface area is 190 Å². The summed E-state index contributed by atoms with van der Waals surface area (Å²) in [7, 11) is 0. The average Bonchev–Trinajstić information content (AvgIpc) is 3.25. The fourth-order valence-electron chi connectivity index (χ4n) is 3.79. The van der Waals surface area contributed by atoms with Crippen molar-refractivity contribution in [3.63, 3.8) is 0 Å². The van der Waals surface area contributed by atoms with E-state index in [2.05, 4.69) is 5.32 Å². The second-order valence-electron chi connectivity index (χ2n) is 7.83. The Hall–Kier alpha value is -3.92. The van der Waals surface area contributed by atoms with Crippen LogP contribution in [0.2, 0.25) is 0 Å². The van der Waals surface area contributed by atoms with E-state index in [-0.39, 0.29) is 23.7 Å². The van der Waals surface area contributed by atoms with E-state index in [1.807, 2.05) is 0 Å². The molecule has 0 bridgehead atoms. The molecule has 0 radical (unpaired) electrons. The number of nitrogens with one attached hydrogen (secondary N) is 2. The normalized spacial score (nSPS) is 19.2. The molecule has 0 spiro atoms. The van der Waals surface area contributed by atoms with Crippen molar-refractivity contribution in [2.24, 2.45) is 11.7 Å². The number of nitrogens with zero attached hydrogens (tertiary/aromatic N) is 2. The number of nitrogens with two attached hydrogens (primary N) is 1. The molecule has 3 amide bonds. The lowest BCUT2D eigenvalue weighted by Gasteiger charge is -2.34. The second-order valence-corrected chi connectivity index (χ2v) is 7.83. The molecule has 0 aliphatic carbocycles. The number of ether oxygens (including phenoxy) is 2. The Balaban J connectivity index is 1.42. The molecular formula is C23H25N5O5. The van der Waals surface area contributed by atoms with Crippen LogP contribution in [0.15, 0.2) is 48.5 Å². The van der Waals surface area contributed by atoms with Crippen LogP contribution in [-0.2, 0) is 19.1 Å². The van der Waals surface area contributed by atoms with Crippen molar-refractivity contribution in [1.29, 1.82) is 5.41 Å². The van der Waals surface area contributed by atoms with Gasteiger partial charge in [-0.15, -0.1) is 0 Å². The van der Waals surface area contributed by atoms with Gasteiger partial charge in [-0.05, 0) is 48.5 Å². The fourth-order valence-corrected chi connectivity index (χ4v) is 3.79. The molecule has 2 saturated heterocycles. The Morgan fingerprint density at radius 2 is 1.64 bits per heavy atom. The third-order valence-corrected chi connectivity index (χ3v) is 5.69. The van der Waals surface area contributed by atoms with Gasteiger partial charge in [0.15, 0.2) is 0 Å². The fraction of sp³-hybridized carbons (Fsp3) is 0.304. The van der Waals surface area contributed by atoms with Gasteiger partial charge in [0.1, 0.15) is 18.5 Å². The van der Waals surface area contributed by atoms with Gasteiger partial charge in [0, 0.05) is 29.2 Å². The first-order valence-corrected chi connectivity index (χ1v) is 10.6. The maximum absolute atomic E-state index is 13.1. The van der Waals surface area contributed by atoms with Crippen molar-refractivity contribution in [3.8, 4) is 0 Å². The van der Waals surface area contributed by atoms with E-state index < -0.39 is 12.0 Å². The van der Waals surface area contributed by atoms with Crippen molar-refractivity contribution in [2.45, 2.75) is 13.0 Å². The van der Waals surface area contributed by atoms with E-state index in [0.29, 0.717) is 48.9 Å². The maximum atomic E-state index is 13.1. The lowest BCUT2D eigenvalue weighted by Crippen LogP contribution is -2.52. The molecule has 2 unspecified atom stereocenters. The van der Waals surface area contributed by atoms with Gasteiger partial charge in [-0.2, -0.15) is 0 Å². The molecule has 172 valence electrons. The lowest BCUT2D eigenvalue weighted by atomic mass is 10.0. The number of amidine groups is 1. The zero-order chi connectivity index (χ0) is 23.5. The molecule has 0 aromatic heterocycles. The molecule has 2 heterocycles. The molecule has 33 heavy (non-hydrogen) atoms. The van der Waals surface area contributed by atoms with E-state index >= 15 is 0 Å². The standard InChI is InChI=1S/C23H25N5O5/c1-14(21(29)26-16-4-2-15(3-5-16)20(24)25)19-22(30)27(10-12-32-19)17-6-8-18(9-7-17)28-11-13-33-23(28)31/h2-9,14,19H,10-13H2,1H3,(H3,24,25)(H,26,29). The zero-order valence-electron chi connectivity index (χ0n) is 18.1. The number of benzene rings is 2. The van der Waals surface area contributed by atoms with Gasteiger partial charge in [-0.25, -0.2) is 4.79 Å². The minimum atomic E-state index is -0.927. The predicted octanol–water partition coefficient (Wildman–Crippen LogP) is 1.93. The van der Waals surface area contributed by atoms with Crippen LogP contribution >= 0.6 is 0 Å². The van der Waals surface area contributed by atoms with E-state index in [0.717, 1.165) is 0 Å². The second kappa shape index (κ2) is 9.29. The Kier molecular flexibility index (Phi) is 6.27. The number of rotatable bonds is 6. The summed E-state index contributed by atoms with van der Waals surface area (Å²) in [5, 5.41) is 10.2. The van der Waals surface area contributed by atoms with Crippen LogP contribution < -0.4 is 20.9 Å². The molecule has 2 aliphatic heterocycles. The third-order valence-electron chi connectivity index (χ3n) is 5.69. The number of carbonyl (C=O) groups is 3. The summed E-state index contributed by atoms with van der Waals surface area (Å²) < 4.78 is 10.6. The van der Waals surface area contributed by atoms with Crippen LogP contribution in [0, 0.1) is 11.3 Å². The Morgan fingerprint density at radius 3 is 2.21 bits per heavy atom. The van der Waals surface area contributed by atoms with E-state index in [4.69, 9.17) is 20.6 Å². The topological polar surface area (TPSA) is 138 Å². The summed E-state index contributed by atoms with van der Waals surface area (Å²) in [6, 6.07) is 13.6. The van der Waals surface area contributed by atoms with Crippen LogP contribution in [0.1, 0.15) is 12.5 Å². The highest BCUT2D eigenvalue weighted by molar-refractivity contribution is 6.03. The maximum Gasteiger partial charge on any atom is 0.414 e. The van der Waals surface area contributed by atoms with Gasteiger partial charge in [-0.3, -0.25) is 19.9 Å². The molecule has 2 atom stereocenters. The molecule has 2 fully saturated rings. The summed E-state index contributed by atoms with van der Waals surface area (Å²) >= 11 is 0. The first-order valence-electron chi connectivity index (χ1n) is 10.6. The molecule has 0 saturated carbocycles. The molecule has 4 N–H and O–H groups in total. The van der Waals surface area contributed by atoms with E-state index in [9.17, 15) is 14.4 Å². The van der Waals surface area contributed by atoms with Gasteiger partial charge < -0.3 is 25.4 Å². The Morgan fingerprint density at radius 1 is 1.03 bits per heavy atom. The predicted molar refractivity (Wildman–Crippen MR) is 122 cm³/mol. The van der Waals surface area contributed by atoms with Gasteiger partial charge in [0.05, 0.1) is 19.1 Å². The van der Waals surface area contributed by atoms with Crippen LogP contribution in [0.25, 0.3) is 0 Å². The highest BCUT2D eigenvalue weighted by Gasteiger charge is 2.38. The highest BCUT2D eigenvalue weighted by atomic mass is 16.6. The molecule has 2 aromatic carbocycles. The van der Waals surface area contributed by atoms with Crippen LogP contribution in [0.3, 0.4) is 0 Å². The quantitative estimate of drug-likeness (QED) is 0.453. The van der Waals surface area contributed by atoms with E-state index in [1.165, 1.54) is 4.90 Å². The molecule has 10 nitrogen and oxygen atoms in total. The SMILES string of the molecule is CC(C(=O)Nc1ccc(C(=N)N)cc1)C1OCCN(c2ccc(N3CCOC3=O)cc2)C1=O. The van der Waals surface area contributed by atoms with Crippen molar-refractivity contribution >= 4 is 40.8 Å². The smallest absolute Gasteiger partial charge is 0.414 e. The number of nitrogen functional groups attached to an aromatic ring is 1. The van der Waals surface area contributed by atoms with Crippen LogP contribution in [0.4, 0.5) is 21.9 Å². The van der Waals surface area contributed by atoms with Gasteiger partial charge in [0.2, 0.25) is 5.91 Å². The number of anilines is 3. The molecule has 10 heteroatoms. The van der Waals surface area contributed by atoms with Crippen molar-refractivity contribution in [2.75, 3.05) is 41.4 Å². The van der Waals surface area contributed by atoms with Gasteiger partial charge in [0.25, 0.3) is 5.91 Å². The molecule has 2 aliphatic rings. The molecule has 4 rings (SSSR count). The average molecular weight is 451 g/mol. The number of carbonyl (C=O) groups excluding carboxylic acids is 3. The van der Waals surface area contributed by atoms with Gasteiger partial charge in [-0.1, -0.05) is 6.92 Å². The number of hydrogen-bond donors (Lipinski definition) is 3. The van der Waals surface area contributed by atoms with Crippen molar-refractivity contribution in [1.82, 2.24) is 0 Å². The monoisotopic (exact) mass is 451 g/mol. The molecule has 2 aromatic rings. The zero-order valence-corrected chi connectivity index (χ0v) is 18.1. The summed E-state index contributed by atoms with van der Waals surface area (Å²) in [6.07, 6.45) is -1.32. The summed E-state index contributed by atoms with van der Waals surface area (Å²) in [5.74, 6) is -1.44. The Bertz CT molecular complexity index is 1070. The number of cyclic esters (lactones) is 1. The summed E-state index contributed by atoms with van der Waals surface area (Å²) in [4.78, 5) is 40.8. The largest absolute Gasteiger partial charge is 0.447 e. The van der Waals surface area contributed by atoms with E-state index in [1.54, 1.807) is 60.4 Å². The number of morpholine rings is 1. The van der Waals surface area contributed by atoms with Crippen molar-refractivity contribution < 1.29 is 23.9 Å². The summed E-state index contributed by atoms with van der Waals surface area (Å²) in [5.41, 5.74) is 7.89. The number of amides is 3. The van der Waals surface area contributed by atoms with Gasteiger partial charge >= 0.3 is 6.09 Å². The number of hydrogen-bond acceptors (Lipinski definition) is 6. The highest BCUT2D eigenvalue weighted by Crippen LogP contribution is 2.27.